The summed E-state index contributed by atoms with van der Waals surface area (Å²) in [5, 5.41) is 0.314. The van der Waals surface area contributed by atoms with Crippen molar-refractivity contribution < 1.29 is 32.2 Å². The molecule has 4 aromatic rings. The van der Waals surface area contributed by atoms with Crippen LogP contribution >= 0.6 is 11.6 Å². The number of benzene rings is 2. The van der Waals surface area contributed by atoms with Crippen LogP contribution in [0.3, 0.4) is 0 Å². The molecule has 13 heteroatoms. The number of likely N-dealkylation sites (tertiary alicyclic amines) is 1. The van der Waals surface area contributed by atoms with Gasteiger partial charge in [-0.05, 0) is 50.2 Å². The molecule has 1 aliphatic rings. The smallest absolute Gasteiger partial charge is 0.387 e. The van der Waals surface area contributed by atoms with E-state index in [2.05, 4.69) is 24.6 Å². The molecule has 0 aliphatic carbocycles. The zero-order valence-electron chi connectivity index (χ0n) is 22.3. The summed E-state index contributed by atoms with van der Waals surface area (Å²) in [6, 6.07) is 7.17. The number of aromatic nitrogens is 4. The molecule has 2 aromatic carbocycles. The van der Waals surface area contributed by atoms with Gasteiger partial charge in [0.05, 0.1) is 36.6 Å². The van der Waals surface area contributed by atoms with Crippen LogP contribution in [0.1, 0.15) is 46.2 Å². The molecule has 1 saturated heterocycles. The molecule has 0 atom stereocenters. The van der Waals surface area contributed by atoms with Gasteiger partial charge in [0.2, 0.25) is 5.88 Å². The first-order valence-corrected chi connectivity index (χ1v) is 13.2. The van der Waals surface area contributed by atoms with Gasteiger partial charge in [-0.1, -0.05) is 17.7 Å². The van der Waals surface area contributed by atoms with Crippen molar-refractivity contribution in [1.82, 2.24) is 24.4 Å². The lowest BCUT2D eigenvalue weighted by atomic mass is 9.94. The summed E-state index contributed by atoms with van der Waals surface area (Å²) in [5.74, 6) is -0.181. The highest BCUT2D eigenvalue weighted by molar-refractivity contribution is 6.30. The number of carbonyl (C=O) groups is 1. The van der Waals surface area contributed by atoms with Gasteiger partial charge in [0.15, 0.2) is 5.75 Å². The lowest BCUT2D eigenvalue weighted by Crippen LogP contribution is -2.33. The third-order valence-corrected chi connectivity index (χ3v) is 7.31. The van der Waals surface area contributed by atoms with Crippen molar-refractivity contribution in [2.75, 3.05) is 20.2 Å². The number of ether oxygens (including phenoxy) is 3. The van der Waals surface area contributed by atoms with Crippen molar-refractivity contribution in [3.63, 3.8) is 0 Å². The van der Waals surface area contributed by atoms with E-state index in [4.69, 9.17) is 21.1 Å². The van der Waals surface area contributed by atoms with Gasteiger partial charge < -0.3 is 18.8 Å². The molecule has 0 unspecified atom stereocenters. The monoisotopic (exact) mass is 589 g/mol. The van der Waals surface area contributed by atoms with Crippen LogP contribution in [0.25, 0.3) is 11.0 Å². The minimum atomic E-state index is -3.07. The van der Waals surface area contributed by atoms with Crippen molar-refractivity contribution in [1.29, 1.82) is 0 Å². The molecular formula is C28H27ClF3N5O4. The van der Waals surface area contributed by atoms with Crippen LogP contribution in [-0.2, 0) is 24.9 Å². The summed E-state index contributed by atoms with van der Waals surface area (Å²) in [7, 11) is 2.98. The van der Waals surface area contributed by atoms with Crippen LogP contribution in [-0.4, -0.2) is 57.2 Å². The van der Waals surface area contributed by atoms with E-state index in [0.29, 0.717) is 34.4 Å². The number of piperidine rings is 1. The Labute approximate surface area is 238 Å². The van der Waals surface area contributed by atoms with Crippen molar-refractivity contribution in [2.45, 2.75) is 38.5 Å². The van der Waals surface area contributed by atoms with Crippen LogP contribution < -0.4 is 9.47 Å². The average Bonchev–Trinajstić information content (AvgIpc) is 3.27. The molecule has 5 rings (SSSR count). The van der Waals surface area contributed by atoms with Gasteiger partial charge in [0, 0.05) is 29.7 Å². The largest absolute Gasteiger partial charge is 0.472 e. The van der Waals surface area contributed by atoms with E-state index in [0.717, 1.165) is 31.6 Å². The van der Waals surface area contributed by atoms with Crippen LogP contribution in [0.5, 0.6) is 11.6 Å². The molecule has 0 radical (unpaired) electrons. The number of nitrogens with zero attached hydrogens (tertiary/aromatic N) is 5. The van der Waals surface area contributed by atoms with Crippen molar-refractivity contribution in [2.24, 2.45) is 7.05 Å². The number of aryl methyl sites for hydroxylation is 1. The van der Waals surface area contributed by atoms with Crippen LogP contribution in [0, 0.1) is 5.82 Å². The third-order valence-electron chi connectivity index (χ3n) is 7.07. The molecular weight excluding hydrogens is 563 g/mol. The highest BCUT2D eigenvalue weighted by Crippen LogP contribution is 2.32. The number of methoxy groups -OCH3 is 1. The van der Waals surface area contributed by atoms with Crippen LogP contribution in [0.4, 0.5) is 13.2 Å². The molecule has 0 spiro atoms. The lowest BCUT2D eigenvalue weighted by molar-refractivity contribution is -0.0489. The Morgan fingerprint density at radius 1 is 1.15 bits per heavy atom. The molecule has 1 fully saturated rings. The maximum Gasteiger partial charge on any atom is 0.387 e. The Morgan fingerprint density at radius 3 is 2.63 bits per heavy atom. The fourth-order valence-electron chi connectivity index (χ4n) is 4.87. The topological polar surface area (TPSA) is 91.6 Å². The summed E-state index contributed by atoms with van der Waals surface area (Å²) >= 11 is 5.81. The molecule has 9 nitrogen and oxygen atoms in total. The number of hydrogen-bond donors (Lipinski definition) is 0. The maximum atomic E-state index is 14.1. The Bertz CT molecular complexity index is 1560. The predicted molar refractivity (Wildman–Crippen MR) is 144 cm³/mol. The van der Waals surface area contributed by atoms with Gasteiger partial charge in [-0.2, -0.15) is 8.78 Å². The SMILES string of the molecule is COC(=O)c1cc(OC(F)F)c2nc(CN3CCC(c4cncc(OCc5ccc(Cl)cc5F)n4)CC3)n(C)c2c1. The number of carbonyl (C=O) groups excluding carboxylic acids is 1. The minimum Gasteiger partial charge on any atom is -0.472 e. The molecule has 0 saturated carbocycles. The predicted octanol–water partition coefficient (Wildman–Crippen LogP) is 5.50. The number of fused-ring (bicyclic) bond motifs is 1. The van der Waals surface area contributed by atoms with Crippen molar-refractivity contribution in [3.05, 3.63) is 76.2 Å². The Hall–Kier alpha value is -3.90. The molecule has 2 aromatic heterocycles. The van der Waals surface area contributed by atoms with Gasteiger partial charge in [-0.3, -0.25) is 9.88 Å². The summed E-state index contributed by atoms with van der Waals surface area (Å²) in [5.41, 5.74) is 1.99. The van der Waals surface area contributed by atoms with Gasteiger partial charge in [0.1, 0.15) is 23.8 Å². The number of halogens is 4. The molecule has 0 N–H and O–H groups in total. The van der Waals surface area contributed by atoms with Crippen LogP contribution in [0.2, 0.25) is 5.02 Å². The van der Waals surface area contributed by atoms with Crippen molar-refractivity contribution >= 4 is 28.6 Å². The second-order valence-corrected chi connectivity index (χ2v) is 10.1. The molecule has 216 valence electrons. The second-order valence-electron chi connectivity index (χ2n) is 9.66. The minimum absolute atomic E-state index is 0.00277. The first-order chi connectivity index (χ1) is 19.7. The number of rotatable bonds is 9. The summed E-state index contributed by atoms with van der Waals surface area (Å²) in [6.45, 7) is -1.11. The second kappa shape index (κ2) is 12.3. The van der Waals surface area contributed by atoms with Gasteiger partial charge in [0.25, 0.3) is 0 Å². The quantitative estimate of drug-likeness (QED) is 0.236. The average molecular weight is 590 g/mol. The fraction of sp³-hybridized carbons (Fsp3) is 0.357. The Balaban J connectivity index is 1.24. The van der Waals surface area contributed by atoms with E-state index >= 15 is 0 Å². The van der Waals surface area contributed by atoms with E-state index in [1.807, 2.05) is 0 Å². The fourth-order valence-corrected chi connectivity index (χ4v) is 5.03. The number of alkyl halides is 2. The maximum absolute atomic E-state index is 14.1. The first-order valence-electron chi connectivity index (χ1n) is 12.8. The molecule has 0 amide bonds. The highest BCUT2D eigenvalue weighted by atomic mass is 35.5. The zero-order chi connectivity index (χ0) is 29.1. The lowest BCUT2D eigenvalue weighted by Gasteiger charge is -2.31. The molecule has 3 heterocycles. The third kappa shape index (κ3) is 6.54. The van der Waals surface area contributed by atoms with E-state index in [-0.39, 0.29) is 29.4 Å². The molecule has 1 aliphatic heterocycles. The van der Waals surface area contributed by atoms with E-state index in [1.165, 1.54) is 25.4 Å². The number of imidazole rings is 1. The standard InChI is InChI=1S/C28H27ClF3N5O4/c1-36-22-9-18(27(38)39-2)10-23(41-28(31)32)26(22)35-24(36)14-37-7-5-16(6-8-37)21-12-33-13-25(34-21)40-15-17-3-4-19(29)11-20(17)30/h3-4,9-13,16,28H,5-8,14-15H2,1-2H3. The summed E-state index contributed by atoms with van der Waals surface area (Å²) in [6.07, 6.45) is 4.82. The van der Waals surface area contributed by atoms with Crippen molar-refractivity contribution in [3.8, 4) is 11.6 Å². The van der Waals surface area contributed by atoms with Crippen LogP contribution in [0.15, 0.2) is 42.7 Å². The Morgan fingerprint density at radius 2 is 1.93 bits per heavy atom. The zero-order valence-corrected chi connectivity index (χ0v) is 23.1. The molecule has 41 heavy (non-hydrogen) atoms. The molecule has 0 bridgehead atoms. The van der Waals surface area contributed by atoms with E-state index in [9.17, 15) is 18.0 Å². The normalized spacial score (nSPS) is 14.5. The number of esters is 1. The van der Waals surface area contributed by atoms with E-state index < -0.39 is 18.4 Å². The van der Waals surface area contributed by atoms with Gasteiger partial charge in [-0.25, -0.2) is 19.2 Å². The first kappa shape index (κ1) is 28.6. The highest BCUT2D eigenvalue weighted by Gasteiger charge is 2.25. The van der Waals surface area contributed by atoms with E-state index in [1.54, 1.807) is 36.0 Å². The summed E-state index contributed by atoms with van der Waals surface area (Å²) < 4.78 is 57.1. The van der Waals surface area contributed by atoms with Gasteiger partial charge in [-0.15, -0.1) is 0 Å². The Kier molecular flexibility index (Phi) is 8.60. The summed E-state index contributed by atoms with van der Waals surface area (Å²) in [4.78, 5) is 27.7. The number of hydrogen-bond acceptors (Lipinski definition) is 8. The van der Waals surface area contributed by atoms with Gasteiger partial charge >= 0.3 is 12.6 Å².